The zero-order valence-electron chi connectivity index (χ0n) is 11.0. The Labute approximate surface area is 129 Å². The van der Waals surface area contributed by atoms with Crippen LogP contribution in [-0.2, 0) is 6.42 Å². The molecule has 0 aliphatic heterocycles. The molecule has 0 aromatic heterocycles. The number of aliphatic hydroxyl groups excluding tert-OH is 1. The molecule has 0 spiro atoms. The topological polar surface area (TPSA) is 49.3 Å². The lowest BCUT2D eigenvalue weighted by molar-refractivity contribution is 0.0854. The van der Waals surface area contributed by atoms with Crippen molar-refractivity contribution in [2.24, 2.45) is 0 Å². The summed E-state index contributed by atoms with van der Waals surface area (Å²) in [5.74, 6) is -1.13. The highest BCUT2D eigenvalue weighted by molar-refractivity contribution is 9.10. The van der Waals surface area contributed by atoms with Gasteiger partial charge in [0.15, 0.2) is 0 Å². The van der Waals surface area contributed by atoms with Crippen LogP contribution in [0.15, 0.2) is 46.9 Å². The second-order valence-electron chi connectivity index (χ2n) is 5.02. The van der Waals surface area contributed by atoms with E-state index in [1.54, 1.807) is 6.07 Å². The maximum atomic E-state index is 13.9. The summed E-state index contributed by atoms with van der Waals surface area (Å²) >= 11 is 3.06. The maximum absolute atomic E-state index is 13.9. The molecule has 5 heteroatoms. The number of fused-ring (bicyclic) bond motifs is 1. The predicted octanol–water partition coefficient (Wildman–Crippen LogP) is 2.98. The Morgan fingerprint density at radius 2 is 2.00 bits per heavy atom. The molecule has 0 saturated carbocycles. The number of carbonyl (C=O) groups excluding carboxylic acids is 1. The van der Waals surface area contributed by atoms with Gasteiger partial charge in [-0.3, -0.25) is 4.79 Å². The van der Waals surface area contributed by atoms with Crippen molar-refractivity contribution in [3.8, 4) is 0 Å². The molecule has 3 nitrogen and oxygen atoms in total. The summed E-state index contributed by atoms with van der Waals surface area (Å²) in [6.45, 7) is 0. The lowest BCUT2D eigenvalue weighted by atomic mass is 10.1. The number of nitrogens with one attached hydrogen (secondary N) is 1. The first-order chi connectivity index (χ1) is 10.1. The van der Waals surface area contributed by atoms with Crippen LogP contribution in [0.25, 0.3) is 0 Å². The van der Waals surface area contributed by atoms with Crippen LogP contribution in [-0.4, -0.2) is 17.1 Å². The Morgan fingerprint density at radius 1 is 1.24 bits per heavy atom. The summed E-state index contributed by atoms with van der Waals surface area (Å²) in [4.78, 5) is 12.2. The number of carbonyl (C=O) groups is 1. The Hall–Kier alpha value is -1.72. The first kappa shape index (κ1) is 14.2. The van der Waals surface area contributed by atoms with Gasteiger partial charge in [0.25, 0.3) is 5.91 Å². The van der Waals surface area contributed by atoms with Crippen LogP contribution in [0, 0.1) is 5.82 Å². The Kier molecular flexibility index (Phi) is 3.78. The molecule has 2 N–H and O–H groups in total. The van der Waals surface area contributed by atoms with Crippen molar-refractivity contribution >= 4 is 21.8 Å². The molecule has 2 aromatic carbocycles. The molecule has 0 radical (unpaired) electrons. The van der Waals surface area contributed by atoms with Crippen LogP contribution >= 0.6 is 15.9 Å². The highest BCUT2D eigenvalue weighted by atomic mass is 79.9. The number of aliphatic hydroxyl groups is 1. The summed E-state index contributed by atoms with van der Waals surface area (Å²) in [6.07, 6.45) is -0.205. The number of halogens is 2. The standard InChI is InChI=1S/C16H13BrFNO2/c17-12-7-3-6-11(14(12)18)16(21)19-15-10-5-2-1-4-9(10)8-13(15)20/h1-7,13,15,20H,8H2,(H,19,21)/t13-,15+/m1/s1. The highest BCUT2D eigenvalue weighted by Crippen LogP contribution is 2.31. The number of hydrogen-bond donors (Lipinski definition) is 2. The summed E-state index contributed by atoms with van der Waals surface area (Å²) in [5, 5.41) is 12.8. The van der Waals surface area contributed by atoms with Gasteiger partial charge < -0.3 is 10.4 Å². The van der Waals surface area contributed by atoms with Gasteiger partial charge in [-0.05, 0) is 39.2 Å². The van der Waals surface area contributed by atoms with E-state index in [1.807, 2.05) is 24.3 Å². The molecule has 21 heavy (non-hydrogen) atoms. The summed E-state index contributed by atoms with van der Waals surface area (Å²) in [7, 11) is 0. The van der Waals surface area contributed by atoms with Crippen molar-refractivity contribution in [1.82, 2.24) is 5.32 Å². The molecule has 108 valence electrons. The largest absolute Gasteiger partial charge is 0.390 e. The van der Waals surface area contributed by atoms with E-state index >= 15 is 0 Å². The van der Waals surface area contributed by atoms with E-state index in [1.165, 1.54) is 12.1 Å². The van der Waals surface area contributed by atoms with Crippen molar-refractivity contribution < 1.29 is 14.3 Å². The SMILES string of the molecule is O=C(N[C@H]1c2ccccc2C[C@H]1O)c1cccc(Br)c1F. The lowest BCUT2D eigenvalue weighted by Gasteiger charge is -2.18. The predicted molar refractivity (Wildman–Crippen MR) is 80.5 cm³/mol. The van der Waals surface area contributed by atoms with Gasteiger partial charge in [0.1, 0.15) is 5.82 Å². The van der Waals surface area contributed by atoms with Crippen LogP contribution in [0.2, 0.25) is 0 Å². The fraction of sp³-hybridized carbons (Fsp3) is 0.188. The Bertz CT molecular complexity index is 704. The van der Waals surface area contributed by atoms with E-state index in [0.29, 0.717) is 6.42 Å². The van der Waals surface area contributed by atoms with E-state index in [2.05, 4.69) is 21.2 Å². The van der Waals surface area contributed by atoms with E-state index in [4.69, 9.17) is 0 Å². The highest BCUT2D eigenvalue weighted by Gasteiger charge is 2.32. The monoisotopic (exact) mass is 349 g/mol. The zero-order chi connectivity index (χ0) is 15.0. The molecule has 0 unspecified atom stereocenters. The minimum absolute atomic E-state index is 0.0408. The van der Waals surface area contributed by atoms with Gasteiger partial charge in [-0.2, -0.15) is 0 Å². The first-order valence-electron chi connectivity index (χ1n) is 6.58. The number of benzene rings is 2. The van der Waals surface area contributed by atoms with Gasteiger partial charge in [-0.1, -0.05) is 30.3 Å². The van der Waals surface area contributed by atoms with Gasteiger partial charge in [0.2, 0.25) is 0 Å². The van der Waals surface area contributed by atoms with Crippen molar-refractivity contribution in [2.75, 3.05) is 0 Å². The molecular weight excluding hydrogens is 337 g/mol. The first-order valence-corrected chi connectivity index (χ1v) is 7.38. The molecule has 3 rings (SSSR count). The molecule has 0 fully saturated rings. The summed E-state index contributed by atoms with van der Waals surface area (Å²) in [6, 6.07) is 11.6. The third kappa shape index (κ3) is 2.59. The van der Waals surface area contributed by atoms with Gasteiger partial charge in [-0.15, -0.1) is 0 Å². The molecular formula is C16H13BrFNO2. The molecule has 0 saturated heterocycles. The minimum Gasteiger partial charge on any atom is -0.390 e. The normalized spacial score (nSPS) is 20.1. The van der Waals surface area contributed by atoms with Crippen LogP contribution in [0.3, 0.4) is 0 Å². The van der Waals surface area contributed by atoms with E-state index in [-0.39, 0.29) is 10.0 Å². The lowest BCUT2D eigenvalue weighted by Crippen LogP contribution is -2.34. The quantitative estimate of drug-likeness (QED) is 0.875. The molecule has 2 aromatic rings. The molecule has 1 aliphatic rings. The smallest absolute Gasteiger partial charge is 0.254 e. The van der Waals surface area contributed by atoms with Gasteiger partial charge in [0.05, 0.1) is 22.2 Å². The molecule has 1 amide bonds. The average molecular weight is 350 g/mol. The van der Waals surface area contributed by atoms with Crippen LogP contribution < -0.4 is 5.32 Å². The van der Waals surface area contributed by atoms with Gasteiger partial charge >= 0.3 is 0 Å². The van der Waals surface area contributed by atoms with E-state index < -0.39 is 23.9 Å². The fourth-order valence-corrected chi connectivity index (χ4v) is 3.01. The van der Waals surface area contributed by atoms with Crippen molar-refractivity contribution in [1.29, 1.82) is 0 Å². The van der Waals surface area contributed by atoms with Crippen molar-refractivity contribution in [3.63, 3.8) is 0 Å². The van der Waals surface area contributed by atoms with Crippen LogP contribution in [0.5, 0.6) is 0 Å². The Morgan fingerprint density at radius 3 is 2.81 bits per heavy atom. The minimum atomic E-state index is -0.693. The summed E-state index contributed by atoms with van der Waals surface area (Å²) in [5.41, 5.74) is 1.85. The molecule has 1 aliphatic carbocycles. The van der Waals surface area contributed by atoms with E-state index in [9.17, 15) is 14.3 Å². The average Bonchev–Trinajstić information content (AvgIpc) is 2.78. The van der Waals surface area contributed by atoms with E-state index in [0.717, 1.165) is 11.1 Å². The number of amides is 1. The fourth-order valence-electron chi connectivity index (χ4n) is 2.65. The maximum Gasteiger partial charge on any atom is 0.254 e. The summed E-state index contributed by atoms with van der Waals surface area (Å²) < 4.78 is 14.2. The second kappa shape index (κ2) is 5.58. The third-order valence-corrected chi connectivity index (χ3v) is 4.30. The zero-order valence-corrected chi connectivity index (χ0v) is 12.6. The van der Waals surface area contributed by atoms with Gasteiger partial charge in [-0.25, -0.2) is 4.39 Å². The molecule has 0 bridgehead atoms. The number of rotatable bonds is 2. The second-order valence-corrected chi connectivity index (χ2v) is 5.88. The van der Waals surface area contributed by atoms with Crippen molar-refractivity contribution in [2.45, 2.75) is 18.6 Å². The van der Waals surface area contributed by atoms with Crippen LogP contribution in [0.1, 0.15) is 27.5 Å². The third-order valence-electron chi connectivity index (χ3n) is 3.69. The van der Waals surface area contributed by atoms with Gasteiger partial charge in [0, 0.05) is 6.42 Å². The Balaban J connectivity index is 1.87. The number of hydrogen-bond acceptors (Lipinski definition) is 2. The van der Waals surface area contributed by atoms with Crippen molar-refractivity contribution in [3.05, 3.63) is 69.4 Å². The van der Waals surface area contributed by atoms with Crippen LogP contribution in [0.4, 0.5) is 4.39 Å². The molecule has 0 heterocycles. The molecule has 2 atom stereocenters.